The molecule has 0 spiro atoms. The van der Waals surface area contributed by atoms with Crippen molar-refractivity contribution in [1.82, 2.24) is 10.6 Å². The van der Waals surface area contributed by atoms with Crippen LogP contribution in [0.4, 0.5) is 0 Å². The van der Waals surface area contributed by atoms with Crippen LogP contribution in [-0.2, 0) is 0 Å². The van der Waals surface area contributed by atoms with Crippen molar-refractivity contribution < 1.29 is 5.11 Å². The van der Waals surface area contributed by atoms with Crippen LogP contribution >= 0.6 is 24.0 Å². The first kappa shape index (κ1) is 21.2. The van der Waals surface area contributed by atoms with Gasteiger partial charge in [-0.15, -0.1) is 24.0 Å². The number of hydrogen-bond acceptors (Lipinski definition) is 2. The number of aliphatic hydroxyl groups is 1. The summed E-state index contributed by atoms with van der Waals surface area (Å²) in [5, 5.41) is 16.8. The van der Waals surface area contributed by atoms with Crippen molar-refractivity contribution in [3.63, 3.8) is 0 Å². The number of aryl methyl sites for hydroxylation is 1. The number of hydrogen-bond donors (Lipinski definition) is 3. The predicted molar refractivity (Wildman–Crippen MR) is 105 cm³/mol. The fourth-order valence-electron chi connectivity index (χ4n) is 1.77. The van der Waals surface area contributed by atoms with Gasteiger partial charge in [0.25, 0.3) is 0 Å². The van der Waals surface area contributed by atoms with Crippen LogP contribution in [0.1, 0.15) is 44.9 Å². The van der Waals surface area contributed by atoms with Gasteiger partial charge in [0, 0.05) is 12.6 Å². The Kier molecular flexibility index (Phi) is 10.4. The molecule has 126 valence electrons. The zero-order valence-corrected chi connectivity index (χ0v) is 16.6. The van der Waals surface area contributed by atoms with Crippen LogP contribution < -0.4 is 10.6 Å². The third kappa shape index (κ3) is 7.45. The molecule has 0 saturated heterocycles. The van der Waals surface area contributed by atoms with Crippen molar-refractivity contribution in [3.8, 4) is 0 Å². The zero-order chi connectivity index (χ0) is 15.8. The highest BCUT2D eigenvalue weighted by molar-refractivity contribution is 14.0. The molecule has 0 aliphatic heterocycles. The van der Waals surface area contributed by atoms with E-state index >= 15 is 0 Å². The Labute approximate surface area is 151 Å². The summed E-state index contributed by atoms with van der Waals surface area (Å²) >= 11 is 0. The van der Waals surface area contributed by atoms with E-state index in [-0.39, 0.29) is 24.0 Å². The number of nitrogens with one attached hydrogen (secondary N) is 2. The van der Waals surface area contributed by atoms with Crippen LogP contribution in [0.5, 0.6) is 0 Å². The van der Waals surface area contributed by atoms with E-state index in [2.05, 4.69) is 36.4 Å². The normalized spacial score (nSPS) is 14.2. The quantitative estimate of drug-likeness (QED) is 0.377. The Morgan fingerprint density at radius 3 is 2.27 bits per heavy atom. The summed E-state index contributed by atoms with van der Waals surface area (Å²) in [4.78, 5) is 4.48. The highest BCUT2D eigenvalue weighted by atomic mass is 127. The van der Waals surface area contributed by atoms with Gasteiger partial charge in [0.15, 0.2) is 5.96 Å². The van der Waals surface area contributed by atoms with Crippen LogP contribution in [0.3, 0.4) is 0 Å². The molecule has 0 aliphatic carbocycles. The molecular formula is C17H30IN3O. The number of nitrogens with zero attached hydrogens (tertiary/aromatic N) is 1. The second kappa shape index (κ2) is 10.8. The van der Waals surface area contributed by atoms with E-state index in [0.29, 0.717) is 18.5 Å². The molecule has 1 aromatic carbocycles. The Morgan fingerprint density at radius 2 is 1.77 bits per heavy atom. The van der Waals surface area contributed by atoms with E-state index in [4.69, 9.17) is 0 Å². The fraction of sp³-hybridized carbons (Fsp3) is 0.588. The lowest BCUT2D eigenvalue weighted by Gasteiger charge is -2.21. The lowest BCUT2D eigenvalue weighted by Crippen LogP contribution is -2.44. The predicted octanol–water partition coefficient (Wildman–Crippen LogP) is 3.25. The first-order valence-corrected chi connectivity index (χ1v) is 7.73. The summed E-state index contributed by atoms with van der Waals surface area (Å²) < 4.78 is 0. The number of rotatable bonds is 6. The first-order chi connectivity index (χ1) is 9.93. The van der Waals surface area contributed by atoms with Crippen LogP contribution in [0, 0.1) is 12.8 Å². The molecule has 1 rings (SSSR count). The average Bonchev–Trinajstić information content (AvgIpc) is 2.45. The molecule has 0 heterocycles. The molecule has 4 nitrogen and oxygen atoms in total. The molecular weight excluding hydrogens is 389 g/mol. The Morgan fingerprint density at radius 1 is 1.18 bits per heavy atom. The third-order valence-electron chi connectivity index (χ3n) is 3.59. The van der Waals surface area contributed by atoms with Gasteiger partial charge < -0.3 is 15.7 Å². The molecule has 0 fully saturated rings. The maximum atomic E-state index is 10.2. The molecule has 0 radical (unpaired) electrons. The molecule has 0 amide bonds. The number of guanidine groups is 1. The SMILES string of the molecule is CCNC(=NCC(O)c1ccc(C)cc1)NC(C)C(C)C.I. The summed E-state index contributed by atoms with van der Waals surface area (Å²) in [5.74, 6) is 1.28. The molecule has 5 heteroatoms. The molecule has 2 unspecified atom stereocenters. The second-order valence-electron chi connectivity index (χ2n) is 5.82. The number of benzene rings is 1. The van der Waals surface area contributed by atoms with Crippen LogP contribution in [0.15, 0.2) is 29.3 Å². The summed E-state index contributed by atoms with van der Waals surface area (Å²) in [6.45, 7) is 11.7. The van der Waals surface area contributed by atoms with Crippen molar-refractivity contribution in [1.29, 1.82) is 0 Å². The van der Waals surface area contributed by atoms with Gasteiger partial charge in [-0.3, -0.25) is 4.99 Å². The van der Waals surface area contributed by atoms with E-state index < -0.39 is 6.10 Å². The standard InChI is InChI=1S/C17H29N3O.HI/c1-6-18-17(20-14(5)12(2)3)19-11-16(21)15-9-7-13(4)8-10-15;/h7-10,12,14,16,21H,6,11H2,1-5H3,(H2,18,19,20);1H. The lowest BCUT2D eigenvalue weighted by molar-refractivity contribution is 0.187. The van der Waals surface area contributed by atoms with Crippen molar-refractivity contribution in [2.45, 2.75) is 46.8 Å². The third-order valence-corrected chi connectivity index (χ3v) is 3.59. The van der Waals surface area contributed by atoms with Gasteiger partial charge in [0.2, 0.25) is 0 Å². The smallest absolute Gasteiger partial charge is 0.191 e. The van der Waals surface area contributed by atoms with Crippen molar-refractivity contribution in [2.75, 3.05) is 13.1 Å². The molecule has 0 aromatic heterocycles. The van der Waals surface area contributed by atoms with Crippen LogP contribution in [0.2, 0.25) is 0 Å². The van der Waals surface area contributed by atoms with E-state index in [1.807, 2.05) is 38.1 Å². The number of halogens is 1. The molecule has 0 bridgehead atoms. The van der Waals surface area contributed by atoms with Gasteiger partial charge in [0.05, 0.1) is 12.6 Å². The van der Waals surface area contributed by atoms with E-state index in [1.54, 1.807) is 0 Å². The molecule has 22 heavy (non-hydrogen) atoms. The van der Waals surface area contributed by atoms with Gasteiger partial charge in [-0.25, -0.2) is 0 Å². The lowest BCUT2D eigenvalue weighted by atomic mass is 10.1. The van der Waals surface area contributed by atoms with E-state index in [0.717, 1.165) is 18.1 Å². The molecule has 2 atom stereocenters. The monoisotopic (exact) mass is 419 g/mol. The van der Waals surface area contributed by atoms with Crippen LogP contribution in [-0.4, -0.2) is 30.2 Å². The average molecular weight is 419 g/mol. The highest BCUT2D eigenvalue weighted by Crippen LogP contribution is 2.13. The maximum Gasteiger partial charge on any atom is 0.191 e. The summed E-state index contributed by atoms with van der Waals surface area (Å²) in [7, 11) is 0. The zero-order valence-electron chi connectivity index (χ0n) is 14.3. The fourth-order valence-corrected chi connectivity index (χ4v) is 1.77. The Bertz CT molecular complexity index is 446. The van der Waals surface area contributed by atoms with Crippen molar-refractivity contribution in [3.05, 3.63) is 35.4 Å². The van der Waals surface area contributed by atoms with Crippen molar-refractivity contribution in [2.24, 2.45) is 10.9 Å². The van der Waals surface area contributed by atoms with Gasteiger partial charge in [-0.2, -0.15) is 0 Å². The van der Waals surface area contributed by atoms with E-state index in [1.165, 1.54) is 5.56 Å². The summed E-state index contributed by atoms with van der Waals surface area (Å²) in [6.07, 6.45) is -0.574. The minimum Gasteiger partial charge on any atom is -0.386 e. The molecule has 0 saturated carbocycles. The van der Waals surface area contributed by atoms with Gasteiger partial charge in [-0.05, 0) is 32.3 Å². The number of aliphatic imine (C=N–C) groups is 1. The van der Waals surface area contributed by atoms with Crippen LogP contribution in [0.25, 0.3) is 0 Å². The topological polar surface area (TPSA) is 56.7 Å². The van der Waals surface area contributed by atoms with Crippen molar-refractivity contribution >= 4 is 29.9 Å². The van der Waals surface area contributed by atoms with Gasteiger partial charge >= 0.3 is 0 Å². The van der Waals surface area contributed by atoms with Gasteiger partial charge in [-0.1, -0.05) is 43.7 Å². The summed E-state index contributed by atoms with van der Waals surface area (Å²) in [6, 6.07) is 8.25. The minimum absolute atomic E-state index is 0. The Hall–Kier alpha value is -0.820. The molecule has 0 aliphatic rings. The first-order valence-electron chi connectivity index (χ1n) is 7.73. The molecule has 1 aromatic rings. The highest BCUT2D eigenvalue weighted by Gasteiger charge is 2.10. The Balaban J connectivity index is 0.00000441. The largest absolute Gasteiger partial charge is 0.386 e. The van der Waals surface area contributed by atoms with Gasteiger partial charge in [0.1, 0.15) is 0 Å². The second-order valence-corrected chi connectivity index (χ2v) is 5.82. The van der Waals surface area contributed by atoms with E-state index in [9.17, 15) is 5.11 Å². The number of aliphatic hydroxyl groups excluding tert-OH is 1. The maximum absolute atomic E-state index is 10.2. The molecule has 3 N–H and O–H groups in total. The summed E-state index contributed by atoms with van der Waals surface area (Å²) in [5.41, 5.74) is 2.09. The minimum atomic E-state index is -0.574.